The summed E-state index contributed by atoms with van der Waals surface area (Å²) in [6, 6.07) is 4.27. The lowest BCUT2D eigenvalue weighted by Gasteiger charge is -2.07. The smallest absolute Gasteiger partial charge is 0.387 e. The summed E-state index contributed by atoms with van der Waals surface area (Å²) in [5, 5.41) is 0. The number of benzene rings is 1. The van der Waals surface area contributed by atoms with Crippen LogP contribution in [0.1, 0.15) is 5.56 Å². The summed E-state index contributed by atoms with van der Waals surface area (Å²) in [5.41, 5.74) is 5.95. The van der Waals surface area contributed by atoms with Crippen LogP contribution in [0.25, 0.3) is 0 Å². The summed E-state index contributed by atoms with van der Waals surface area (Å²) in [5.74, 6) is 2.20. The molecule has 0 saturated carbocycles. The molecule has 1 rings (SSSR count). The normalized spacial score (nSPS) is 9.69. The van der Waals surface area contributed by atoms with Gasteiger partial charge in [0.15, 0.2) is 0 Å². The summed E-state index contributed by atoms with van der Waals surface area (Å²) >= 11 is 0. The summed E-state index contributed by atoms with van der Waals surface area (Å²) in [7, 11) is 0. The van der Waals surface area contributed by atoms with E-state index in [2.05, 4.69) is 10.7 Å². The van der Waals surface area contributed by atoms with Crippen molar-refractivity contribution in [3.05, 3.63) is 23.8 Å². The Morgan fingerprint density at radius 1 is 1.46 bits per heavy atom. The molecule has 0 unspecified atom stereocenters. The Bertz CT molecular complexity index is 344. The Kier molecular flexibility index (Phi) is 2.70. The molecule has 0 bridgehead atoms. The lowest BCUT2D eigenvalue weighted by molar-refractivity contribution is -0.0493. The van der Waals surface area contributed by atoms with E-state index in [0.717, 1.165) is 0 Å². The third-order valence-corrected chi connectivity index (χ3v) is 1.40. The van der Waals surface area contributed by atoms with Crippen LogP contribution in [0.4, 0.5) is 14.5 Å². The van der Waals surface area contributed by atoms with Crippen LogP contribution in [0.15, 0.2) is 18.2 Å². The number of nitrogens with two attached hydrogens (primary N) is 1. The highest BCUT2D eigenvalue weighted by atomic mass is 19.3. The van der Waals surface area contributed by atoms with Gasteiger partial charge >= 0.3 is 6.61 Å². The average Bonchev–Trinajstić information content (AvgIpc) is 2.08. The molecular weight excluding hydrogens is 176 g/mol. The first kappa shape index (κ1) is 9.33. The highest BCUT2D eigenvalue weighted by Crippen LogP contribution is 2.23. The van der Waals surface area contributed by atoms with Crippen LogP contribution in [0.2, 0.25) is 0 Å². The van der Waals surface area contributed by atoms with E-state index < -0.39 is 6.61 Å². The second-order valence-electron chi connectivity index (χ2n) is 2.28. The van der Waals surface area contributed by atoms with Crippen LogP contribution in [-0.2, 0) is 0 Å². The molecule has 0 aliphatic rings. The first-order valence-electron chi connectivity index (χ1n) is 3.44. The minimum Gasteiger partial charge on any atom is -0.433 e. The van der Waals surface area contributed by atoms with Crippen molar-refractivity contribution in [1.29, 1.82) is 0 Å². The molecule has 0 aliphatic heterocycles. The Morgan fingerprint density at radius 2 is 2.15 bits per heavy atom. The molecule has 0 spiro atoms. The van der Waals surface area contributed by atoms with E-state index in [1.54, 1.807) is 6.07 Å². The van der Waals surface area contributed by atoms with Gasteiger partial charge in [0, 0.05) is 5.56 Å². The van der Waals surface area contributed by atoms with Crippen LogP contribution >= 0.6 is 0 Å². The summed E-state index contributed by atoms with van der Waals surface area (Å²) in [6.45, 7) is -2.89. The van der Waals surface area contributed by atoms with Crippen molar-refractivity contribution in [3.8, 4) is 18.1 Å². The number of nitrogen functional groups attached to an aromatic ring is 1. The number of alkyl halides is 2. The number of terminal acetylenes is 1. The van der Waals surface area contributed by atoms with Crippen LogP contribution in [0, 0.1) is 12.3 Å². The number of hydrogen-bond acceptors (Lipinski definition) is 2. The molecule has 2 N–H and O–H groups in total. The number of anilines is 1. The zero-order valence-corrected chi connectivity index (χ0v) is 6.63. The van der Waals surface area contributed by atoms with Crippen molar-refractivity contribution in [1.82, 2.24) is 0 Å². The molecule has 0 aromatic heterocycles. The van der Waals surface area contributed by atoms with E-state index in [1.165, 1.54) is 12.1 Å². The number of rotatable bonds is 2. The van der Waals surface area contributed by atoms with Gasteiger partial charge in [-0.2, -0.15) is 8.78 Å². The molecule has 0 atom stereocenters. The quantitative estimate of drug-likeness (QED) is 0.561. The molecule has 1 aromatic rings. The van der Waals surface area contributed by atoms with E-state index in [9.17, 15) is 8.78 Å². The molecule has 0 fully saturated rings. The standard InChI is InChI=1S/C9H7F2NO/c1-2-6-3-4-7(12)8(5-6)13-9(10)11/h1,3-5,9H,12H2. The van der Waals surface area contributed by atoms with Crippen molar-refractivity contribution in [2.45, 2.75) is 6.61 Å². The zero-order chi connectivity index (χ0) is 9.84. The minimum atomic E-state index is -2.89. The summed E-state index contributed by atoms with van der Waals surface area (Å²) in [4.78, 5) is 0. The molecule has 4 heteroatoms. The van der Waals surface area contributed by atoms with E-state index in [4.69, 9.17) is 12.2 Å². The highest BCUT2D eigenvalue weighted by molar-refractivity contribution is 5.56. The molecule has 1 aromatic carbocycles. The maximum absolute atomic E-state index is 11.8. The van der Waals surface area contributed by atoms with Gasteiger partial charge in [0.1, 0.15) is 5.75 Å². The fourth-order valence-corrected chi connectivity index (χ4v) is 0.822. The average molecular weight is 183 g/mol. The lowest BCUT2D eigenvalue weighted by atomic mass is 10.2. The second-order valence-corrected chi connectivity index (χ2v) is 2.28. The van der Waals surface area contributed by atoms with Gasteiger partial charge in [-0.3, -0.25) is 0 Å². The molecular formula is C9H7F2NO. The van der Waals surface area contributed by atoms with E-state index in [0.29, 0.717) is 5.56 Å². The first-order valence-corrected chi connectivity index (χ1v) is 3.44. The molecule has 13 heavy (non-hydrogen) atoms. The fraction of sp³-hybridized carbons (Fsp3) is 0.111. The van der Waals surface area contributed by atoms with Gasteiger partial charge in [0.25, 0.3) is 0 Å². The third-order valence-electron chi connectivity index (χ3n) is 1.40. The van der Waals surface area contributed by atoms with Crippen LogP contribution in [-0.4, -0.2) is 6.61 Å². The SMILES string of the molecule is C#Cc1ccc(N)c(OC(F)F)c1. The molecule has 0 saturated heterocycles. The first-order chi connectivity index (χ1) is 6.13. The topological polar surface area (TPSA) is 35.2 Å². The molecule has 68 valence electrons. The van der Waals surface area contributed by atoms with Crippen molar-refractivity contribution in [2.24, 2.45) is 0 Å². The summed E-state index contributed by atoms with van der Waals surface area (Å²) in [6.07, 6.45) is 5.07. The minimum absolute atomic E-state index is 0.0922. The van der Waals surface area contributed by atoms with Crippen molar-refractivity contribution >= 4 is 5.69 Å². The van der Waals surface area contributed by atoms with E-state index >= 15 is 0 Å². The Balaban J connectivity index is 2.99. The Morgan fingerprint density at radius 3 is 2.69 bits per heavy atom. The summed E-state index contributed by atoms with van der Waals surface area (Å²) < 4.78 is 27.7. The van der Waals surface area contributed by atoms with Crippen LogP contribution in [0.3, 0.4) is 0 Å². The Labute approximate surface area is 74.3 Å². The monoisotopic (exact) mass is 183 g/mol. The van der Waals surface area contributed by atoms with Gasteiger partial charge in [-0.15, -0.1) is 6.42 Å². The van der Waals surface area contributed by atoms with Crippen LogP contribution < -0.4 is 10.5 Å². The molecule has 0 heterocycles. The zero-order valence-electron chi connectivity index (χ0n) is 6.63. The predicted octanol–water partition coefficient (Wildman–Crippen LogP) is 1.85. The van der Waals surface area contributed by atoms with E-state index in [1.807, 2.05) is 0 Å². The molecule has 0 aliphatic carbocycles. The number of hydrogen-bond donors (Lipinski definition) is 1. The van der Waals surface area contributed by atoms with Crippen molar-refractivity contribution in [2.75, 3.05) is 5.73 Å². The second kappa shape index (κ2) is 3.76. The largest absolute Gasteiger partial charge is 0.433 e. The van der Waals surface area contributed by atoms with Crippen molar-refractivity contribution in [3.63, 3.8) is 0 Å². The maximum Gasteiger partial charge on any atom is 0.387 e. The molecule has 2 nitrogen and oxygen atoms in total. The Hall–Kier alpha value is -1.76. The fourth-order valence-electron chi connectivity index (χ4n) is 0.822. The number of halogens is 2. The third kappa shape index (κ3) is 2.34. The molecule has 0 amide bonds. The maximum atomic E-state index is 11.8. The van der Waals surface area contributed by atoms with E-state index in [-0.39, 0.29) is 11.4 Å². The number of ether oxygens (including phenoxy) is 1. The van der Waals surface area contributed by atoms with Crippen LogP contribution in [0.5, 0.6) is 5.75 Å². The van der Waals surface area contributed by atoms with Gasteiger partial charge in [-0.05, 0) is 18.2 Å². The van der Waals surface area contributed by atoms with Gasteiger partial charge in [-0.25, -0.2) is 0 Å². The van der Waals surface area contributed by atoms with Crippen molar-refractivity contribution < 1.29 is 13.5 Å². The van der Waals surface area contributed by atoms with Gasteiger partial charge in [-0.1, -0.05) is 5.92 Å². The predicted molar refractivity (Wildman–Crippen MR) is 45.4 cm³/mol. The van der Waals surface area contributed by atoms with Gasteiger partial charge < -0.3 is 10.5 Å². The molecule has 0 radical (unpaired) electrons. The van der Waals surface area contributed by atoms with Gasteiger partial charge in [0.2, 0.25) is 0 Å². The van der Waals surface area contributed by atoms with Gasteiger partial charge in [0.05, 0.1) is 5.69 Å². The highest BCUT2D eigenvalue weighted by Gasteiger charge is 2.07. The lowest BCUT2D eigenvalue weighted by Crippen LogP contribution is -2.04.